The molecule has 18 heavy (non-hydrogen) atoms. The van der Waals surface area contributed by atoms with Gasteiger partial charge in [0.05, 0.1) is 25.0 Å². The molecule has 0 unspecified atom stereocenters. The van der Waals surface area contributed by atoms with Crippen molar-refractivity contribution in [3.63, 3.8) is 0 Å². The number of ether oxygens (including phenoxy) is 1. The van der Waals surface area contributed by atoms with Crippen molar-refractivity contribution in [3.05, 3.63) is 42.2 Å². The van der Waals surface area contributed by atoms with Crippen molar-refractivity contribution in [2.24, 2.45) is 0 Å². The van der Waals surface area contributed by atoms with Crippen LogP contribution in [-0.4, -0.2) is 24.1 Å². The number of nitrogens with zero attached hydrogens (tertiary/aromatic N) is 3. The van der Waals surface area contributed by atoms with Gasteiger partial charge in [0.2, 0.25) is 5.88 Å². The molecule has 0 saturated heterocycles. The van der Waals surface area contributed by atoms with Gasteiger partial charge in [-0.15, -0.1) is 0 Å². The summed E-state index contributed by atoms with van der Waals surface area (Å²) >= 11 is 0. The molecule has 0 fully saturated rings. The van der Waals surface area contributed by atoms with Gasteiger partial charge in [-0.25, -0.2) is 0 Å². The van der Waals surface area contributed by atoms with E-state index in [-0.39, 0.29) is 0 Å². The van der Waals surface area contributed by atoms with E-state index in [1.165, 1.54) is 0 Å². The third kappa shape index (κ3) is 2.68. The fraction of sp³-hybridized carbons (Fsp3) is 0.231. The lowest BCUT2D eigenvalue weighted by Crippen LogP contribution is -2.18. The lowest BCUT2D eigenvalue weighted by molar-refractivity contribution is 0.400. The second kappa shape index (κ2) is 5.35. The van der Waals surface area contributed by atoms with Crippen molar-refractivity contribution in [3.8, 4) is 5.88 Å². The van der Waals surface area contributed by atoms with Crippen LogP contribution >= 0.6 is 0 Å². The Morgan fingerprint density at radius 3 is 2.78 bits per heavy atom. The average Bonchev–Trinajstić information content (AvgIpc) is 2.40. The summed E-state index contributed by atoms with van der Waals surface area (Å²) in [7, 11) is 3.51. The van der Waals surface area contributed by atoms with Crippen molar-refractivity contribution in [1.82, 2.24) is 9.97 Å². The summed E-state index contributed by atoms with van der Waals surface area (Å²) in [6.07, 6.45) is 1.78. The summed E-state index contributed by atoms with van der Waals surface area (Å²) in [4.78, 5) is 10.6. The lowest BCUT2D eigenvalue weighted by Gasteiger charge is -2.18. The number of hydrogen-bond donors (Lipinski definition) is 1. The first kappa shape index (κ1) is 12.2. The molecule has 2 rings (SSSR count). The number of methoxy groups -OCH3 is 1. The Morgan fingerprint density at radius 2 is 2.11 bits per heavy atom. The Morgan fingerprint density at radius 1 is 1.28 bits per heavy atom. The van der Waals surface area contributed by atoms with E-state index in [0.717, 1.165) is 11.5 Å². The van der Waals surface area contributed by atoms with Gasteiger partial charge in [-0.2, -0.15) is 4.98 Å². The number of hydrogen-bond acceptors (Lipinski definition) is 5. The predicted octanol–water partition coefficient (Wildman–Crippen LogP) is 1.70. The molecule has 94 valence electrons. The molecule has 0 atom stereocenters. The molecule has 2 aromatic rings. The first-order valence-corrected chi connectivity index (χ1v) is 5.62. The highest BCUT2D eigenvalue weighted by Crippen LogP contribution is 2.22. The molecule has 0 aromatic carbocycles. The van der Waals surface area contributed by atoms with Crippen LogP contribution in [0.25, 0.3) is 0 Å². The van der Waals surface area contributed by atoms with E-state index in [1.807, 2.05) is 36.2 Å². The monoisotopic (exact) mass is 244 g/mol. The van der Waals surface area contributed by atoms with Gasteiger partial charge in [0.25, 0.3) is 0 Å². The first-order chi connectivity index (χ1) is 8.70. The summed E-state index contributed by atoms with van der Waals surface area (Å²) < 4.78 is 5.11. The topological polar surface area (TPSA) is 64.3 Å². The van der Waals surface area contributed by atoms with Crippen LogP contribution in [0.2, 0.25) is 0 Å². The van der Waals surface area contributed by atoms with Gasteiger partial charge in [-0.05, 0) is 24.3 Å². The van der Waals surface area contributed by atoms with Crippen molar-refractivity contribution in [1.29, 1.82) is 0 Å². The van der Waals surface area contributed by atoms with E-state index in [2.05, 4.69) is 9.97 Å². The Labute approximate surface area is 106 Å². The van der Waals surface area contributed by atoms with Crippen molar-refractivity contribution >= 4 is 11.5 Å². The van der Waals surface area contributed by atoms with Crippen molar-refractivity contribution in [2.45, 2.75) is 6.54 Å². The quantitative estimate of drug-likeness (QED) is 0.886. The molecule has 5 nitrogen and oxygen atoms in total. The van der Waals surface area contributed by atoms with Crippen LogP contribution in [0.1, 0.15) is 5.69 Å². The Hall–Kier alpha value is -2.30. The maximum absolute atomic E-state index is 5.73. The minimum atomic E-state index is 0.445. The van der Waals surface area contributed by atoms with Gasteiger partial charge in [0, 0.05) is 13.2 Å². The molecule has 0 aliphatic carbocycles. The second-order valence-electron chi connectivity index (χ2n) is 3.95. The largest absolute Gasteiger partial charge is 0.479 e. The molecule has 5 heteroatoms. The number of anilines is 2. The van der Waals surface area contributed by atoms with Crippen LogP contribution in [-0.2, 0) is 6.54 Å². The van der Waals surface area contributed by atoms with E-state index >= 15 is 0 Å². The zero-order valence-electron chi connectivity index (χ0n) is 10.5. The van der Waals surface area contributed by atoms with Crippen LogP contribution in [0.4, 0.5) is 11.5 Å². The molecule has 2 aromatic heterocycles. The van der Waals surface area contributed by atoms with E-state index in [1.54, 1.807) is 19.4 Å². The zero-order chi connectivity index (χ0) is 13.0. The van der Waals surface area contributed by atoms with Crippen LogP contribution in [0.5, 0.6) is 5.88 Å². The maximum Gasteiger partial charge on any atom is 0.238 e. The second-order valence-corrected chi connectivity index (χ2v) is 3.95. The Balaban J connectivity index is 2.16. The molecule has 0 saturated carbocycles. The summed E-state index contributed by atoms with van der Waals surface area (Å²) in [5.74, 6) is 1.24. The van der Waals surface area contributed by atoms with Crippen LogP contribution in [0, 0.1) is 0 Å². The molecule has 0 aliphatic heterocycles. The number of pyridine rings is 2. The summed E-state index contributed by atoms with van der Waals surface area (Å²) in [5.41, 5.74) is 7.25. The van der Waals surface area contributed by atoms with E-state index in [9.17, 15) is 0 Å². The molecular weight excluding hydrogens is 228 g/mol. The van der Waals surface area contributed by atoms with Crippen LogP contribution in [0.15, 0.2) is 36.5 Å². The molecule has 0 bridgehead atoms. The molecule has 2 heterocycles. The Kier molecular flexibility index (Phi) is 3.62. The Bertz CT molecular complexity index is 516. The van der Waals surface area contributed by atoms with Gasteiger partial charge in [-0.3, -0.25) is 4.98 Å². The summed E-state index contributed by atoms with van der Waals surface area (Å²) in [5, 5.41) is 0. The van der Waals surface area contributed by atoms with Gasteiger partial charge < -0.3 is 15.4 Å². The average molecular weight is 244 g/mol. The fourth-order valence-electron chi connectivity index (χ4n) is 1.63. The predicted molar refractivity (Wildman–Crippen MR) is 71.5 cm³/mol. The first-order valence-electron chi connectivity index (χ1n) is 5.62. The summed E-state index contributed by atoms with van der Waals surface area (Å²) in [6, 6.07) is 9.49. The molecule has 2 N–H and O–H groups in total. The number of rotatable bonds is 4. The van der Waals surface area contributed by atoms with Gasteiger partial charge in [0.1, 0.15) is 5.82 Å². The number of aromatic nitrogens is 2. The molecule has 0 spiro atoms. The van der Waals surface area contributed by atoms with Gasteiger partial charge in [0.15, 0.2) is 0 Å². The van der Waals surface area contributed by atoms with Crippen LogP contribution < -0.4 is 15.4 Å². The highest BCUT2D eigenvalue weighted by Gasteiger charge is 2.08. The van der Waals surface area contributed by atoms with Gasteiger partial charge in [-0.1, -0.05) is 6.07 Å². The normalized spacial score (nSPS) is 10.1. The summed E-state index contributed by atoms with van der Waals surface area (Å²) in [6.45, 7) is 0.681. The zero-order valence-corrected chi connectivity index (χ0v) is 10.5. The fourth-order valence-corrected chi connectivity index (χ4v) is 1.63. The standard InChI is InChI=1S/C13H16N4O/c1-17(9-10-5-3-4-8-15-10)12-7-6-11(14)13(16-12)18-2/h3-8H,9,14H2,1-2H3. The van der Waals surface area contributed by atoms with Gasteiger partial charge >= 0.3 is 0 Å². The number of nitrogen functional groups attached to an aromatic ring is 1. The van der Waals surface area contributed by atoms with E-state index in [4.69, 9.17) is 10.5 Å². The lowest BCUT2D eigenvalue weighted by atomic mass is 10.3. The highest BCUT2D eigenvalue weighted by atomic mass is 16.5. The molecule has 0 radical (unpaired) electrons. The van der Waals surface area contributed by atoms with Crippen LogP contribution in [0.3, 0.4) is 0 Å². The van der Waals surface area contributed by atoms with E-state index < -0.39 is 0 Å². The SMILES string of the molecule is COc1nc(N(C)Cc2ccccn2)ccc1N. The highest BCUT2D eigenvalue weighted by molar-refractivity contribution is 5.54. The van der Waals surface area contributed by atoms with Crippen molar-refractivity contribution in [2.75, 3.05) is 24.8 Å². The minimum Gasteiger partial charge on any atom is -0.479 e. The molecule has 0 aliphatic rings. The van der Waals surface area contributed by atoms with Crippen molar-refractivity contribution < 1.29 is 4.74 Å². The number of nitrogens with two attached hydrogens (primary N) is 1. The minimum absolute atomic E-state index is 0.445. The molecular formula is C13H16N4O. The molecule has 0 amide bonds. The maximum atomic E-state index is 5.73. The third-order valence-corrected chi connectivity index (χ3v) is 2.58. The van der Waals surface area contributed by atoms with E-state index in [0.29, 0.717) is 18.1 Å². The third-order valence-electron chi connectivity index (χ3n) is 2.58. The smallest absolute Gasteiger partial charge is 0.238 e.